The summed E-state index contributed by atoms with van der Waals surface area (Å²) in [6.07, 6.45) is 0. The van der Waals surface area contributed by atoms with Gasteiger partial charge in [0, 0.05) is 6.54 Å². The number of carbonyl (C=O) groups is 1. The van der Waals surface area contributed by atoms with Gasteiger partial charge in [-0.2, -0.15) is 4.72 Å². The molecule has 0 spiro atoms. The summed E-state index contributed by atoms with van der Waals surface area (Å²) in [6.45, 7) is 4.07. The molecule has 0 unspecified atom stereocenters. The van der Waals surface area contributed by atoms with Crippen LogP contribution in [0.3, 0.4) is 0 Å². The number of sulfonamides is 1. The van der Waals surface area contributed by atoms with Gasteiger partial charge in [-0.05, 0) is 62.4 Å². The molecule has 2 aromatic carbocycles. The maximum Gasteiger partial charge on any atom is 0.329 e. The van der Waals surface area contributed by atoms with E-state index in [1.54, 1.807) is 31.2 Å². The summed E-state index contributed by atoms with van der Waals surface area (Å²) >= 11 is 0. The Kier molecular flexibility index (Phi) is 8.68. The Morgan fingerprint density at radius 3 is 2.20 bits per heavy atom. The lowest BCUT2D eigenvalue weighted by Crippen LogP contribution is -2.40. The van der Waals surface area contributed by atoms with E-state index in [1.807, 2.05) is 0 Å². The van der Waals surface area contributed by atoms with Crippen LogP contribution in [0.25, 0.3) is 0 Å². The van der Waals surface area contributed by atoms with Crippen molar-refractivity contribution in [2.45, 2.75) is 24.8 Å². The highest BCUT2D eigenvalue weighted by atomic mass is 32.2. The minimum absolute atomic E-state index is 0.00233. The van der Waals surface area contributed by atoms with Gasteiger partial charge in [0.05, 0.1) is 4.90 Å². The largest absolute Gasteiger partial charge is 0.492 e. The van der Waals surface area contributed by atoms with Crippen molar-refractivity contribution in [3.8, 4) is 29.1 Å². The molecule has 0 saturated carbocycles. The van der Waals surface area contributed by atoms with Crippen molar-refractivity contribution in [1.29, 1.82) is 0 Å². The van der Waals surface area contributed by atoms with Gasteiger partial charge in [-0.3, -0.25) is 0 Å². The van der Waals surface area contributed by atoms with Gasteiger partial charge >= 0.3 is 5.97 Å². The zero-order chi connectivity index (χ0) is 22.0. The third-order valence-electron chi connectivity index (χ3n) is 3.74. The first-order valence-electron chi connectivity index (χ1n) is 9.15. The first-order chi connectivity index (χ1) is 14.4. The Morgan fingerprint density at radius 2 is 1.60 bits per heavy atom. The summed E-state index contributed by atoms with van der Waals surface area (Å²) in [4.78, 5) is 12.2. The van der Waals surface area contributed by atoms with E-state index in [4.69, 9.17) is 19.9 Å². The van der Waals surface area contributed by atoms with Crippen LogP contribution in [-0.4, -0.2) is 40.2 Å². The number of ether oxygens (including phenoxy) is 3. The Morgan fingerprint density at radius 1 is 1.03 bits per heavy atom. The van der Waals surface area contributed by atoms with Crippen molar-refractivity contribution in [1.82, 2.24) is 4.72 Å². The van der Waals surface area contributed by atoms with Crippen molar-refractivity contribution in [2.24, 2.45) is 5.73 Å². The summed E-state index contributed by atoms with van der Waals surface area (Å²) in [6, 6.07) is 11.1. The minimum atomic E-state index is -3.92. The van der Waals surface area contributed by atoms with Crippen LogP contribution in [0.2, 0.25) is 0 Å². The van der Waals surface area contributed by atoms with Crippen molar-refractivity contribution in [3.63, 3.8) is 0 Å². The van der Waals surface area contributed by atoms with Crippen LogP contribution >= 0.6 is 0 Å². The second-order valence-electron chi connectivity index (χ2n) is 6.06. The van der Waals surface area contributed by atoms with Crippen LogP contribution in [-0.2, 0) is 14.8 Å². The van der Waals surface area contributed by atoms with Gasteiger partial charge < -0.3 is 19.9 Å². The molecule has 0 saturated heterocycles. The van der Waals surface area contributed by atoms with Crippen LogP contribution in [0.4, 0.5) is 0 Å². The van der Waals surface area contributed by atoms with Gasteiger partial charge in [0.15, 0.2) is 0 Å². The van der Waals surface area contributed by atoms with E-state index in [9.17, 15) is 13.2 Å². The lowest BCUT2D eigenvalue weighted by molar-refractivity contribution is -0.135. The number of nitrogens with two attached hydrogens (primary N) is 1. The normalized spacial score (nSPS) is 11.7. The summed E-state index contributed by atoms with van der Waals surface area (Å²) in [5.74, 6) is 6.04. The van der Waals surface area contributed by atoms with E-state index in [2.05, 4.69) is 16.6 Å². The quantitative estimate of drug-likeness (QED) is 0.333. The van der Waals surface area contributed by atoms with Gasteiger partial charge in [0.2, 0.25) is 10.0 Å². The predicted octanol–water partition coefficient (Wildman–Crippen LogP) is 1.70. The maximum absolute atomic E-state index is 12.5. The third kappa shape index (κ3) is 7.08. The zero-order valence-corrected chi connectivity index (χ0v) is 17.6. The van der Waals surface area contributed by atoms with E-state index in [1.165, 1.54) is 31.2 Å². The van der Waals surface area contributed by atoms with E-state index in [0.29, 0.717) is 24.7 Å². The molecule has 0 bridgehead atoms. The summed E-state index contributed by atoms with van der Waals surface area (Å²) in [5, 5.41) is 0. The van der Waals surface area contributed by atoms with E-state index in [0.717, 1.165) is 0 Å². The van der Waals surface area contributed by atoms with Gasteiger partial charge in [-0.15, -0.1) is 5.92 Å². The molecule has 0 aliphatic heterocycles. The van der Waals surface area contributed by atoms with Gasteiger partial charge in [0.25, 0.3) is 0 Å². The fourth-order valence-corrected chi connectivity index (χ4v) is 3.43. The molecule has 0 fully saturated rings. The molecule has 0 heterocycles. The van der Waals surface area contributed by atoms with E-state index < -0.39 is 22.0 Å². The molecule has 0 radical (unpaired) electrons. The molecule has 1 atom stereocenters. The number of nitrogens with one attached hydrogen (secondary N) is 1. The molecule has 3 N–H and O–H groups in total. The highest BCUT2D eigenvalue weighted by Crippen LogP contribution is 2.19. The number of carbonyl (C=O) groups excluding carboxylic acids is 1. The lowest BCUT2D eigenvalue weighted by atomic mass is 10.3. The average molecular weight is 432 g/mol. The Bertz CT molecular complexity index is 993. The second-order valence-corrected chi connectivity index (χ2v) is 7.77. The van der Waals surface area contributed by atoms with Gasteiger partial charge in [-0.1, -0.05) is 5.92 Å². The Hall–Kier alpha value is -3.06. The summed E-state index contributed by atoms with van der Waals surface area (Å²) < 4.78 is 43.2. The molecule has 30 heavy (non-hydrogen) atoms. The molecular formula is C21H24N2O6S. The van der Waals surface area contributed by atoms with Crippen LogP contribution in [0.5, 0.6) is 17.2 Å². The Balaban J connectivity index is 1.95. The van der Waals surface area contributed by atoms with Crippen molar-refractivity contribution < 1.29 is 27.4 Å². The first-order valence-corrected chi connectivity index (χ1v) is 10.6. The zero-order valence-electron chi connectivity index (χ0n) is 16.8. The molecule has 0 aliphatic carbocycles. The van der Waals surface area contributed by atoms with Crippen molar-refractivity contribution in [3.05, 3.63) is 48.5 Å². The summed E-state index contributed by atoms with van der Waals surface area (Å²) in [5.41, 5.74) is 5.37. The second kappa shape index (κ2) is 11.2. The number of rotatable bonds is 10. The van der Waals surface area contributed by atoms with Crippen molar-refractivity contribution >= 4 is 16.0 Å². The van der Waals surface area contributed by atoms with Crippen LogP contribution < -0.4 is 24.7 Å². The monoisotopic (exact) mass is 432 g/mol. The minimum Gasteiger partial charge on any atom is -0.492 e. The topological polar surface area (TPSA) is 117 Å². The number of hydrogen-bond donors (Lipinski definition) is 2. The molecule has 0 aromatic heterocycles. The average Bonchev–Trinajstić information content (AvgIpc) is 2.73. The molecule has 0 amide bonds. The molecule has 2 aromatic rings. The third-order valence-corrected chi connectivity index (χ3v) is 5.29. The standard InChI is InChI=1S/C21H24N2O6S/c1-3-4-14-27-18-9-11-20(12-10-18)30(25,26)23-16(2)21(24)29-19-7-5-17(6-8-19)28-15-13-22/h5-12,16,23H,13-15,22H2,1-2H3/t16-/m1/s1. The fraction of sp³-hybridized carbons (Fsp3) is 0.286. The van der Waals surface area contributed by atoms with Crippen LogP contribution in [0.1, 0.15) is 13.8 Å². The fourth-order valence-electron chi connectivity index (χ4n) is 2.24. The highest BCUT2D eigenvalue weighted by molar-refractivity contribution is 7.89. The molecular weight excluding hydrogens is 408 g/mol. The molecule has 2 rings (SSSR count). The first kappa shape index (κ1) is 23.2. The molecule has 160 valence electrons. The van der Waals surface area contributed by atoms with E-state index >= 15 is 0 Å². The van der Waals surface area contributed by atoms with Crippen molar-refractivity contribution in [2.75, 3.05) is 19.8 Å². The lowest BCUT2D eigenvalue weighted by Gasteiger charge is -2.14. The number of benzene rings is 2. The van der Waals surface area contributed by atoms with Crippen LogP contribution in [0, 0.1) is 11.8 Å². The number of esters is 1. The van der Waals surface area contributed by atoms with Gasteiger partial charge in [0.1, 0.15) is 36.5 Å². The van der Waals surface area contributed by atoms with E-state index in [-0.39, 0.29) is 17.3 Å². The van der Waals surface area contributed by atoms with Gasteiger partial charge in [-0.25, -0.2) is 13.2 Å². The Labute approximate surface area is 176 Å². The predicted molar refractivity (Wildman–Crippen MR) is 112 cm³/mol. The highest BCUT2D eigenvalue weighted by Gasteiger charge is 2.23. The smallest absolute Gasteiger partial charge is 0.329 e. The molecule has 0 aliphatic rings. The summed E-state index contributed by atoms with van der Waals surface area (Å²) in [7, 11) is -3.92. The molecule has 8 nitrogen and oxygen atoms in total. The maximum atomic E-state index is 12.5. The SMILES string of the molecule is CC#CCOc1ccc(S(=O)(=O)N[C@H](C)C(=O)Oc2ccc(OCCN)cc2)cc1. The molecule has 9 heteroatoms. The number of hydrogen-bond acceptors (Lipinski definition) is 7. The van der Waals surface area contributed by atoms with Crippen LogP contribution in [0.15, 0.2) is 53.4 Å².